The smallest absolute Gasteiger partial charge is 0.239 e. The van der Waals surface area contributed by atoms with Gasteiger partial charge in [-0.15, -0.1) is 5.10 Å². The Kier molecular flexibility index (Phi) is 3.67. The molecule has 2 N–H and O–H groups in total. The molecule has 7 heteroatoms. The Balaban J connectivity index is 2.40. The van der Waals surface area contributed by atoms with Gasteiger partial charge in [0, 0.05) is 6.54 Å². The molecule has 15 heavy (non-hydrogen) atoms. The van der Waals surface area contributed by atoms with Gasteiger partial charge in [-0.05, 0) is 20.3 Å². The molecule has 0 spiro atoms. The Morgan fingerprint density at radius 1 is 1.53 bits per heavy atom. The number of sulfone groups is 1. The van der Waals surface area contributed by atoms with Crippen molar-refractivity contribution in [1.29, 1.82) is 0 Å². The molecule has 86 valence electrons. The molecule has 6 nitrogen and oxygen atoms in total. The number of hydrogen-bond donors (Lipinski definition) is 1. The molecule has 0 saturated carbocycles. The molecule has 0 unspecified atom stereocenters. The minimum absolute atomic E-state index is 0.171. The Bertz CT molecular complexity index is 410. The van der Waals surface area contributed by atoms with Crippen molar-refractivity contribution < 1.29 is 8.42 Å². The first-order valence-electron chi connectivity index (χ1n) is 4.78. The van der Waals surface area contributed by atoms with E-state index in [1.165, 1.54) is 6.33 Å². The molecule has 0 amide bonds. The molecule has 1 rings (SSSR count). The molecule has 1 heterocycles. The van der Waals surface area contributed by atoms with Crippen molar-refractivity contribution in [1.82, 2.24) is 14.8 Å². The van der Waals surface area contributed by atoms with Crippen molar-refractivity contribution in [3.05, 3.63) is 6.33 Å². The number of aryl methyl sites for hydroxylation is 1. The Labute approximate surface area is 89.4 Å². The average Bonchev–Trinajstić information content (AvgIpc) is 2.51. The maximum Gasteiger partial charge on any atom is 0.239 e. The summed E-state index contributed by atoms with van der Waals surface area (Å²) in [7, 11) is -2.95. The first-order valence-corrected chi connectivity index (χ1v) is 6.50. The zero-order valence-electron chi connectivity index (χ0n) is 8.92. The number of nitrogen functional groups attached to an aromatic ring is 1. The van der Waals surface area contributed by atoms with Crippen LogP contribution in [0, 0.1) is 0 Å². The lowest BCUT2D eigenvalue weighted by atomic mass is 10.5. The normalized spacial score (nSPS) is 12.2. The molecular weight excluding hydrogens is 216 g/mol. The Hall–Kier alpha value is -1.11. The number of anilines is 1. The van der Waals surface area contributed by atoms with E-state index in [0.717, 1.165) is 0 Å². The van der Waals surface area contributed by atoms with Crippen molar-refractivity contribution in [2.24, 2.45) is 0 Å². The SMILES string of the molecule is CC(C)S(=O)(=O)CCCn1cnc(N)n1. The van der Waals surface area contributed by atoms with E-state index in [-0.39, 0.29) is 17.0 Å². The molecule has 0 fully saturated rings. The Morgan fingerprint density at radius 2 is 2.20 bits per heavy atom. The molecule has 0 aliphatic rings. The quantitative estimate of drug-likeness (QED) is 0.776. The minimum Gasteiger partial charge on any atom is -0.367 e. The largest absolute Gasteiger partial charge is 0.367 e. The fraction of sp³-hybridized carbons (Fsp3) is 0.750. The summed E-state index contributed by atoms with van der Waals surface area (Å²) < 4.78 is 24.5. The van der Waals surface area contributed by atoms with Crippen LogP contribution in [0.5, 0.6) is 0 Å². The first-order chi connectivity index (χ1) is 6.92. The second-order valence-corrected chi connectivity index (χ2v) is 6.31. The second kappa shape index (κ2) is 4.61. The monoisotopic (exact) mass is 232 g/mol. The third-order valence-electron chi connectivity index (χ3n) is 2.09. The maximum atomic E-state index is 11.5. The van der Waals surface area contributed by atoms with Crippen LogP contribution in [0.25, 0.3) is 0 Å². The number of aromatic nitrogens is 3. The fourth-order valence-corrected chi connectivity index (χ4v) is 2.08. The van der Waals surface area contributed by atoms with Gasteiger partial charge in [-0.25, -0.2) is 13.4 Å². The molecule has 0 atom stereocenters. The van der Waals surface area contributed by atoms with E-state index in [1.807, 2.05) is 0 Å². The van der Waals surface area contributed by atoms with E-state index in [0.29, 0.717) is 13.0 Å². The van der Waals surface area contributed by atoms with E-state index in [1.54, 1.807) is 18.5 Å². The van der Waals surface area contributed by atoms with E-state index in [9.17, 15) is 8.42 Å². The molecule has 1 aromatic heterocycles. The van der Waals surface area contributed by atoms with Gasteiger partial charge in [-0.2, -0.15) is 0 Å². The highest BCUT2D eigenvalue weighted by Gasteiger charge is 2.15. The summed E-state index contributed by atoms with van der Waals surface area (Å²) >= 11 is 0. The summed E-state index contributed by atoms with van der Waals surface area (Å²) in [5, 5.41) is 3.54. The zero-order chi connectivity index (χ0) is 11.5. The topological polar surface area (TPSA) is 90.9 Å². The lowest BCUT2D eigenvalue weighted by molar-refractivity contribution is 0.566. The second-order valence-electron chi connectivity index (χ2n) is 3.64. The van der Waals surface area contributed by atoms with Crippen LogP contribution in [0.2, 0.25) is 0 Å². The van der Waals surface area contributed by atoms with Crippen LogP contribution in [0.3, 0.4) is 0 Å². The van der Waals surface area contributed by atoms with Gasteiger partial charge in [0.1, 0.15) is 6.33 Å². The third-order valence-corrected chi connectivity index (χ3v) is 4.38. The average molecular weight is 232 g/mol. The predicted octanol–water partition coefficient (Wildman–Crippen LogP) is 0.0736. The summed E-state index contributed by atoms with van der Waals surface area (Å²) in [6.07, 6.45) is 2.03. The predicted molar refractivity (Wildman–Crippen MR) is 58.0 cm³/mol. The van der Waals surface area contributed by atoms with Gasteiger partial charge in [0.05, 0.1) is 11.0 Å². The van der Waals surface area contributed by atoms with Gasteiger partial charge < -0.3 is 5.73 Å². The van der Waals surface area contributed by atoms with Crippen molar-refractivity contribution in [2.45, 2.75) is 32.1 Å². The van der Waals surface area contributed by atoms with Gasteiger partial charge >= 0.3 is 0 Å². The zero-order valence-corrected chi connectivity index (χ0v) is 9.74. The van der Waals surface area contributed by atoms with Crippen LogP contribution in [0.1, 0.15) is 20.3 Å². The van der Waals surface area contributed by atoms with Crippen molar-refractivity contribution in [3.63, 3.8) is 0 Å². The van der Waals surface area contributed by atoms with Crippen LogP contribution in [-0.2, 0) is 16.4 Å². The number of hydrogen-bond acceptors (Lipinski definition) is 5. The van der Waals surface area contributed by atoms with Gasteiger partial charge in [0.25, 0.3) is 0 Å². The van der Waals surface area contributed by atoms with Crippen molar-refractivity contribution in [3.8, 4) is 0 Å². The van der Waals surface area contributed by atoms with Crippen LogP contribution in [0.4, 0.5) is 5.95 Å². The number of nitrogens with two attached hydrogens (primary N) is 1. The molecule has 0 bridgehead atoms. The van der Waals surface area contributed by atoms with Crippen LogP contribution in [0.15, 0.2) is 6.33 Å². The molecule has 0 aliphatic heterocycles. The summed E-state index contributed by atoms with van der Waals surface area (Å²) in [5.41, 5.74) is 5.32. The van der Waals surface area contributed by atoms with Crippen molar-refractivity contribution in [2.75, 3.05) is 11.5 Å². The fourth-order valence-electron chi connectivity index (χ4n) is 1.08. The van der Waals surface area contributed by atoms with Crippen LogP contribution in [-0.4, -0.2) is 34.2 Å². The number of rotatable bonds is 5. The van der Waals surface area contributed by atoms with E-state index in [2.05, 4.69) is 10.1 Å². The van der Waals surface area contributed by atoms with E-state index < -0.39 is 9.84 Å². The van der Waals surface area contributed by atoms with Gasteiger partial charge in [-0.1, -0.05) is 0 Å². The Morgan fingerprint density at radius 3 is 2.67 bits per heavy atom. The van der Waals surface area contributed by atoms with E-state index in [4.69, 9.17) is 5.73 Å². The number of nitrogens with zero attached hydrogens (tertiary/aromatic N) is 3. The lowest BCUT2D eigenvalue weighted by Gasteiger charge is -2.06. The van der Waals surface area contributed by atoms with Crippen molar-refractivity contribution >= 4 is 15.8 Å². The van der Waals surface area contributed by atoms with Crippen LogP contribution >= 0.6 is 0 Å². The minimum atomic E-state index is -2.95. The van der Waals surface area contributed by atoms with Gasteiger partial charge in [0.2, 0.25) is 5.95 Å². The summed E-state index contributed by atoms with van der Waals surface area (Å²) in [6, 6.07) is 0. The molecule has 0 saturated heterocycles. The molecule has 0 aromatic carbocycles. The molecule has 1 aromatic rings. The maximum absolute atomic E-state index is 11.5. The standard InChI is InChI=1S/C8H16N4O2S/c1-7(2)15(13,14)5-3-4-12-6-10-8(9)11-12/h6-7H,3-5H2,1-2H3,(H2,9,11). The molecule has 0 radical (unpaired) electrons. The first kappa shape index (κ1) is 12.0. The highest BCUT2D eigenvalue weighted by atomic mass is 32.2. The summed E-state index contributed by atoms with van der Waals surface area (Å²) in [6.45, 7) is 3.89. The molecular formula is C8H16N4O2S. The van der Waals surface area contributed by atoms with Gasteiger partial charge in [0.15, 0.2) is 9.84 Å². The van der Waals surface area contributed by atoms with E-state index >= 15 is 0 Å². The summed E-state index contributed by atoms with van der Waals surface area (Å²) in [4.78, 5) is 3.75. The van der Waals surface area contributed by atoms with Crippen LogP contribution < -0.4 is 5.73 Å². The highest BCUT2D eigenvalue weighted by molar-refractivity contribution is 7.91. The van der Waals surface area contributed by atoms with Gasteiger partial charge in [-0.3, -0.25) is 4.68 Å². The summed E-state index contributed by atoms with van der Waals surface area (Å²) in [5.74, 6) is 0.381. The highest BCUT2D eigenvalue weighted by Crippen LogP contribution is 2.03. The third kappa shape index (κ3) is 3.50. The lowest BCUT2D eigenvalue weighted by Crippen LogP contribution is -2.18. The molecule has 0 aliphatic carbocycles.